The summed E-state index contributed by atoms with van der Waals surface area (Å²) in [7, 11) is 4.24. The van der Waals surface area contributed by atoms with Crippen LogP contribution in [0.5, 0.6) is 0 Å². The first-order chi connectivity index (χ1) is 12.6. The van der Waals surface area contributed by atoms with E-state index in [1.165, 1.54) is 22.2 Å². The third-order valence-electron chi connectivity index (χ3n) is 4.91. The number of halogens is 1. The minimum Gasteiger partial charge on any atom is -0.340 e. The molecule has 0 aliphatic rings. The average Bonchev–Trinajstić information content (AvgIpc) is 2.89. The van der Waals surface area contributed by atoms with Gasteiger partial charge in [-0.2, -0.15) is 0 Å². The molecule has 3 nitrogen and oxygen atoms in total. The largest absolute Gasteiger partial charge is 0.340 e. The molecule has 0 atom stereocenters. The van der Waals surface area contributed by atoms with E-state index >= 15 is 0 Å². The summed E-state index contributed by atoms with van der Waals surface area (Å²) in [5.74, 6) is 0. The van der Waals surface area contributed by atoms with Gasteiger partial charge < -0.3 is 14.8 Å². The van der Waals surface area contributed by atoms with E-state index in [0.29, 0.717) is 0 Å². The third-order valence-corrected chi connectivity index (χ3v) is 5.28. The predicted molar refractivity (Wildman–Crippen MR) is 112 cm³/mol. The van der Waals surface area contributed by atoms with Crippen LogP contribution in [0.15, 0.2) is 48.5 Å². The zero-order valence-corrected chi connectivity index (χ0v) is 16.7. The SMILES string of the molecule is Cc1c(CNCCCN(C)C)c2ccccc2n1Cc1ccccc1Cl. The van der Waals surface area contributed by atoms with Crippen molar-refractivity contribution in [3.05, 3.63) is 70.4 Å². The molecule has 0 saturated carbocycles. The maximum atomic E-state index is 6.40. The first-order valence-corrected chi connectivity index (χ1v) is 9.61. The third kappa shape index (κ3) is 4.29. The molecule has 1 N–H and O–H groups in total. The van der Waals surface area contributed by atoms with Crippen molar-refractivity contribution in [2.24, 2.45) is 0 Å². The van der Waals surface area contributed by atoms with E-state index in [1.54, 1.807) is 0 Å². The highest BCUT2D eigenvalue weighted by molar-refractivity contribution is 6.31. The van der Waals surface area contributed by atoms with Crippen molar-refractivity contribution in [3.63, 3.8) is 0 Å². The Labute approximate surface area is 161 Å². The van der Waals surface area contributed by atoms with E-state index in [1.807, 2.05) is 12.1 Å². The van der Waals surface area contributed by atoms with Crippen LogP contribution < -0.4 is 5.32 Å². The molecule has 4 heteroatoms. The molecule has 0 spiro atoms. The summed E-state index contributed by atoms with van der Waals surface area (Å²) >= 11 is 6.40. The fourth-order valence-electron chi connectivity index (χ4n) is 3.46. The fraction of sp³-hybridized carbons (Fsp3) is 0.364. The number of fused-ring (bicyclic) bond motifs is 1. The Morgan fingerprint density at radius 2 is 1.77 bits per heavy atom. The van der Waals surface area contributed by atoms with Gasteiger partial charge in [-0.15, -0.1) is 0 Å². The highest BCUT2D eigenvalue weighted by Gasteiger charge is 2.14. The van der Waals surface area contributed by atoms with Gasteiger partial charge in [-0.05, 0) is 63.8 Å². The lowest BCUT2D eigenvalue weighted by molar-refractivity contribution is 0.394. The normalized spacial score (nSPS) is 11.6. The Hall–Kier alpha value is -1.81. The Kier molecular flexibility index (Phi) is 6.36. The first-order valence-electron chi connectivity index (χ1n) is 9.23. The topological polar surface area (TPSA) is 20.2 Å². The van der Waals surface area contributed by atoms with Crippen molar-refractivity contribution in [1.29, 1.82) is 0 Å². The van der Waals surface area contributed by atoms with Crippen LogP contribution in [0.3, 0.4) is 0 Å². The van der Waals surface area contributed by atoms with Gasteiger partial charge in [-0.1, -0.05) is 48.0 Å². The van der Waals surface area contributed by atoms with E-state index in [0.717, 1.165) is 43.2 Å². The first kappa shape index (κ1) is 19.0. The van der Waals surface area contributed by atoms with E-state index in [-0.39, 0.29) is 0 Å². The molecular weight excluding hydrogens is 342 g/mol. The summed E-state index contributed by atoms with van der Waals surface area (Å²) in [6, 6.07) is 16.8. The molecule has 26 heavy (non-hydrogen) atoms. The van der Waals surface area contributed by atoms with Crippen LogP contribution in [0, 0.1) is 6.92 Å². The Balaban J connectivity index is 1.83. The molecule has 0 saturated heterocycles. The summed E-state index contributed by atoms with van der Waals surface area (Å²) in [5.41, 5.74) is 5.13. The van der Waals surface area contributed by atoms with E-state index < -0.39 is 0 Å². The van der Waals surface area contributed by atoms with Crippen LogP contribution in [-0.2, 0) is 13.1 Å². The summed E-state index contributed by atoms with van der Waals surface area (Å²) in [4.78, 5) is 2.22. The molecule has 0 unspecified atom stereocenters. The van der Waals surface area contributed by atoms with Crippen LogP contribution in [0.4, 0.5) is 0 Å². The van der Waals surface area contributed by atoms with E-state index in [4.69, 9.17) is 11.6 Å². The van der Waals surface area contributed by atoms with Crippen molar-refractivity contribution in [1.82, 2.24) is 14.8 Å². The highest BCUT2D eigenvalue weighted by Crippen LogP contribution is 2.28. The zero-order valence-electron chi connectivity index (χ0n) is 15.9. The maximum Gasteiger partial charge on any atom is 0.0493 e. The van der Waals surface area contributed by atoms with Gasteiger partial charge in [0.1, 0.15) is 0 Å². The number of nitrogens with one attached hydrogen (secondary N) is 1. The Morgan fingerprint density at radius 1 is 1.04 bits per heavy atom. The van der Waals surface area contributed by atoms with Gasteiger partial charge in [-0.25, -0.2) is 0 Å². The second-order valence-corrected chi connectivity index (χ2v) is 7.50. The fourth-order valence-corrected chi connectivity index (χ4v) is 3.66. The molecule has 3 rings (SSSR count). The number of para-hydroxylation sites is 1. The van der Waals surface area contributed by atoms with Crippen molar-refractivity contribution < 1.29 is 0 Å². The molecule has 2 aromatic carbocycles. The number of aromatic nitrogens is 1. The monoisotopic (exact) mass is 369 g/mol. The smallest absolute Gasteiger partial charge is 0.0493 e. The molecule has 0 bridgehead atoms. The van der Waals surface area contributed by atoms with Gasteiger partial charge in [0.2, 0.25) is 0 Å². The van der Waals surface area contributed by atoms with Crippen molar-refractivity contribution >= 4 is 22.5 Å². The van der Waals surface area contributed by atoms with Gasteiger partial charge in [0.25, 0.3) is 0 Å². The molecule has 0 amide bonds. The Morgan fingerprint density at radius 3 is 2.54 bits per heavy atom. The van der Waals surface area contributed by atoms with Gasteiger partial charge in [0.15, 0.2) is 0 Å². The van der Waals surface area contributed by atoms with Gasteiger partial charge >= 0.3 is 0 Å². The molecule has 0 aliphatic heterocycles. The average molecular weight is 370 g/mol. The maximum absolute atomic E-state index is 6.40. The molecule has 1 heterocycles. The quantitative estimate of drug-likeness (QED) is 0.581. The summed E-state index contributed by atoms with van der Waals surface area (Å²) in [6.07, 6.45) is 1.16. The summed E-state index contributed by atoms with van der Waals surface area (Å²) in [6.45, 7) is 6.05. The lowest BCUT2D eigenvalue weighted by Gasteiger charge is -2.11. The van der Waals surface area contributed by atoms with Crippen molar-refractivity contribution in [3.8, 4) is 0 Å². The van der Waals surface area contributed by atoms with Gasteiger partial charge in [0, 0.05) is 34.7 Å². The summed E-state index contributed by atoms with van der Waals surface area (Å²) < 4.78 is 2.38. The molecule has 3 aromatic rings. The van der Waals surface area contributed by atoms with Gasteiger partial charge in [-0.3, -0.25) is 0 Å². The lowest BCUT2D eigenvalue weighted by Crippen LogP contribution is -2.21. The lowest BCUT2D eigenvalue weighted by atomic mass is 10.1. The molecule has 0 aliphatic carbocycles. The second-order valence-electron chi connectivity index (χ2n) is 7.09. The predicted octanol–water partition coefficient (Wildman–Crippen LogP) is 4.69. The van der Waals surface area contributed by atoms with Crippen LogP contribution in [0.1, 0.15) is 23.2 Å². The van der Waals surface area contributed by atoms with E-state index in [2.05, 4.69) is 72.2 Å². The summed E-state index contributed by atoms with van der Waals surface area (Å²) in [5, 5.41) is 5.77. The molecule has 0 radical (unpaired) electrons. The zero-order chi connectivity index (χ0) is 18.5. The van der Waals surface area contributed by atoms with E-state index in [9.17, 15) is 0 Å². The second kappa shape index (κ2) is 8.72. The van der Waals surface area contributed by atoms with Crippen LogP contribution in [0.25, 0.3) is 10.9 Å². The minimum absolute atomic E-state index is 0.798. The molecule has 1 aromatic heterocycles. The number of hydrogen-bond donors (Lipinski definition) is 1. The van der Waals surface area contributed by atoms with Crippen LogP contribution in [0.2, 0.25) is 5.02 Å². The van der Waals surface area contributed by atoms with Crippen LogP contribution in [-0.4, -0.2) is 36.7 Å². The van der Waals surface area contributed by atoms with Crippen molar-refractivity contribution in [2.45, 2.75) is 26.4 Å². The van der Waals surface area contributed by atoms with Crippen molar-refractivity contribution in [2.75, 3.05) is 27.2 Å². The number of benzene rings is 2. The minimum atomic E-state index is 0.798. The van der Waals surface area contributed by atoms with Gasteiger partial charge in [0.05, 0.1) is 0 Å². The van der Waals surface area contributed by atoms with Crippen LogP contribution >= 0.6 is 11.6 Å². The number of rotatable bonds is 8. The Bertz CT molecular complexity index is 867. The highest BCUT2D eigenvalue weighted by atomic mass is 35.5. The molecular formula is C22H28ClN3. The number of nitrogens with zero attached hydrogens (tertiary/aromatic N) is 2. The molecule has 138 valence electrons. The number of hydrogen-bond acceptors (Lipinski definition) is 2. The standard InChI is InChI=1S/C22H28ClN3/c1-17-20(15-24-13-8-14-25(2)3)19-10-5-7-12-22(19)26(17)16-18-9-4-6-11-21(18)23/h4-7,9-12,24H,8,13-16H2,1-3H3. The molecule has 0 fully saturated rings.